The fourth-order valence-corrected chi connectivity index (χ4v) is 1.77. The predicted octanol–water partition coefficient (Wildman–Crippen LogP) is 2.70. The minimum Gasteiger partial charge on any atom is -0.349 e. The Hall–Kier alpha value is -1.32. The van der Waals surface area contributed by atoms with Gasteiger partial charge in [0.1, 0.15) is 11.9 Å². The maximum atomic E-state index is 12.2. The summed E-state index contributed by atoms with van der Waals surface area (Å²) in [6.07, 6.45) is 6.50. The molecule has 1 aromatic heterocycles. The molecule has 0 saturated carbocycles. The van der Waals surface area contributed by atoms with Crippen molar-refractivity contribution in [2.24, 2.45) is 0 Å². The summed E-state index contributed by atoms with van der Waals surface area (Å²) in [5, 5.41) is 3.08. The summed E-state index contributed by atoms with van der Waals surface area (Å²) in [6.45, 7) is 10.2. The van der Waals surface area contributed by atoms with Crippen LogP contribution in [0.15, 0.2) is 12.4 Å². The molecule has 0 aliphatic heterocycles. The minimum absolute atomic E-state index is 0.0530. The highest BCUT2D eigenvalue weighted by molar-refractivity contribution is 5.80. The number of hydrogen-bond acceptors (Lipinski definition) is 2. The van der Waals surface area contributed by atoms with Crippen LogP contribution >= 0.6 is 0 Å². The Bertz CT molecular complexity index is 395. The van der Waals surface area contributed by atoms with Crippen LogP contribution < -0.4 is 5.32 Å². The van der Waals surface area contributed by atoms with E-state index in [0.717, 1.165) is 25.1 Å². The molecule has 4 nitrogen and oxygen atoms in total. The molecule has 1 N–H and O–H groups in total. The standard InChI is InChI=1S/C14H25N3O/c1-6-8-12-15-9-10-17(12)11(3)13(18)16-14(4,5)7-2/h9-11H,6-8H2,1-5H3,(H,16,18). The largest absolute Gasteiger partial charge is 0.349 e. The number of carbonyl (C=O) groups excluding carboxylic acids is 1. The number of carbonyl (C=O) groups is 1. The highest BCUT2D eigenvalue weighted by Gasteiger charge is 2.23. The van der Waals surface area contributed by atoms with E-state index < -0.39 is 0 Å². The van der Waals surface area contributed by atoms with Gasteiger partial charge in [-0.2, -0.15) is 0 Å². The van der Waals surface area contributed by atoms with Gasteiger partial charge in [0, 0.05) is 24.4 Å². The summed E-state index contributed by atoms with van der Waals surface area (Å²) in [4.78, 5) is 16.5. The molecular weight excluding hydrogens is 226 g/mol. The lowest BCUT2D eigenvalue weighted by Crippen LogP contribution is -2.45. The van der Waals surface area contributed by atoms with Gasteiger partial charge in [-0.25, -0.2) is 4.98 Å². The monoisotopic (exact) mass is 251 g/mol. The number of aromatic nitrogens is 2. The Labute approximate surface area is 110 Å². The van der Waals surface area contributed by atoms with E-state index in [4.69, 9.17) is 0 Å². The molecule has 102 valence electrons. The van der Waals surface area contributed by atoms with Crippen LogP contribution in [0.2, 0.25) is 0 Å². The molecule has 1 heterocycles. The maximum absolute atomic E-state index is 12.2. The van der Waals surface area contributed by atoms with Gasteiger partial charge in [0.15, 0.2) is 0 Å². The second kappa shape index (κ2) is 6.03. The lowest BCUT2D eigenvalue weighted by atomic mass is 10.0. The zero-order chi connectivity index (χ0) is 13.8. The average Bonchev–Trinajstić information content (AvgIpc) is 2.76. The molecule has 0 saturated heterocycles. The van der Waals surface area contributed by atoms with Crippen molar-refractivity contribution in [3.8, 4) is 0 Å². The van der Waals surface area contributed by atoms with Gasteiger partial charge in [-0.3, -0.25) is 4.79 Å². The normalized spacial score (nSPS) is 13.4. The molecule has 0 aromatic carbocycles. The summed E-state index contributed by atoms with van der Waals surface area (Å²) >= 11 is 0. The van der Waals surface area contributed by atoms with Crippen molar-refractivity contribution in [2.45, 2.75) is 65.5 Å². The third kappa shape index (κ3) is 3.59. The van der Waals surface area contributed by atoms with E-state index >= 15 is 0 Å². The van der Waals surface area contributed by atoms with Crippen molar-refractivity contribution in [1.29, 1.82) is 0 Å². The second-order valence-corrected chi connectivity index (χ2v) is 5.40. The highest BCUT2D eigenvalue weighted by Crippen LogP contribution is 2.14. The summed E-state index contributed by atoms with van der Waals surface area (Å²) in [7, 11) is 0. The van der Waals surface area contributed by atoms with Crippen LogP contribution in [0.1, 0.15) is 59.3 Å². The number of hydrogen-bond donors (Lipinski definition) is 1. The Morgan fingerprint density at radius 2 is 2.17 bits per heavy atom. The number of imidazole rings is 1. The molecule has 1 atom stereocenters. The van der Waals surface area contributed by atoms with Gasteiger partial charge >= 0.3 is 0 Å². The number of aryl methyl sites for hydroxylation is 1. The topological polar surface area (TPSA) is 46.9 Å². The van der Waals surface area contributed by atoms with Crippen molar-refractivity contribution in [3.63, 3.8) is 0 Å². The summed E-state index contributed by atoms with van der Waals surface area (Å²) < 4.78 is 1.96. The van der Waals surface area contributed by atoms with Crippen molar-refractivity contribution in [2.75, 3.05) is 0 Å². The lowest BCUT2D eigenvalue weighted by molar-refractivity contribution is -0.125. The molecule has 0 fully saturated rings. The van der Waals surface area contributed by atoms with E-state index in [-0.39, 0.29) is 17.5 Å². The zero-order valence-corrected chi connectivity index (χ0v) is 12.2. The molecule has 4 heteroatoms. The summed E-state index contributed by atoms with van der Waals surface area (Å²) in [6, 6.07) is -0.208. The zero-order valence-electron chi connectivity index (χ0n) is 12.2. The van der Waals surface area contributed by atoms with E-state index in [9.17, 15) is 4.79 Å². The molecule has 18 heavy (non-hydrogen) atoms. The summed E-state index contributed by atoms with van der Waals surface area (Å²) in [5.41, 5.74) is -0.156. The molecule has 0 radical (unpaired) electrons. The van der Waals surface area contributed by atoms with Gasteiger partial charge in [-0.05, 0) is 33.6 Å². The first-order chi connectivity index (χ1) is 8.41. The van der Waals surface area contributed by atoms with E-state index in [0.29, 0.717) is 0 Å². The minimum atomic E-state index is -0.208. The van der Waals surface area contributed by atoms with Crippen LogP contribution in [0.5, 0.6) is 0 Å². The van der Waals surface area contributed by atoms with E-state index in [1.807, 2.05) is 31.5 Å². The molecule has 1 aromatic rings. The van der Waals surface area contributed by atoms with Crippen LogP contribution in [-0.2, 0) is 11.2 Å². The molecule has 0 aliphatic carbocycles. The van der Waals surface area contributed by atoms with E-state index in [1.165, 1.54) is 0 Å². The lowest BCUT2D eigenvalue weighted by Gasteiger charge is -2.27. The smallest absolute Gasteiger partial charge is 0.243 e. The molecule has 0 spiro atoms. The number of amides is 1. The first-order valence-electron chi connectivity index (χ1n) is 6.75. The Morgan fingerprint density at radius 3 is 2.72 bits per heavy atom. The first-order valence-corrected chi connectivity index (χ1v) is 6.75. The van der Waals surface area contributed by atoms with E-state index in [1.54, 1.807) is 6.20 Å². The van der Waals surface area contributed by atoms with Crippen LogP contribution in [0.25, 0.3) is 0 Å². The van der Waals surface area contributed by atoms with Crippen molar-refractivity contribution >= 4 is 5.91 Å². The van der Waals surface area contributed by atoms with Crippen LogP contribution in [0, 0.1) is 0 Å². The second-order valence-electron chi connectivity index (χ2n) is 5.40. The third-order valence-corrected chi connectivity index (χ3v) is 3.36. The first kappa shape index (κ1) is 14.7. The molecule has 1 unspecified atom stereocenters. The molecule has 0 bridgehead atoms. The maximum Gasteiger partial charge on any atom is 0.243 e. The SMILES string of the molecule is CCCc1nccn1C(C)C(=O)NC(C)(C)CC. The van der Waals surface area contributed by atoms with Gasteiger partial charge < -0.3 is 9.88 Å². The Kier molecular flexibility index (Phi) is 4.93. The summed E-state index contributed by atoms with van der Waals surface area (Å²) in [5.74, 6) is 1.03. The van der Waals surface area contributed by atoms with Crippen LogP contribution in [0.3, 0.4) is 0 Å². The van der Waals surface area contributed by atoms with Crippen LogP contribution in [-0.4, -0.2) is 21.0 Å². The quantitative estimate of drug-likeness (QED) is 0.845. The van der Waals surface area contributed by atoms with Gasteiger partial charge in [0.25, 0.3) is 0 Å². The van der Waals surface area contributed by atoms with Gasteiger partial charge in [-0.1, -0.05) is 13.8 Å². The Balaban J connectivity index is 2.77. The Morgan fingerprint density at radius 1 is 1.50 bits per heavy atom. The van der Waals surface area contributed by atoms with Gasteiger partial charge in [0.05, 0.1) is 0 Å². The number of nitrogens with one attached hydrogen (secondary N) is 1. The molecule has 1 amide bonds. The third-order valence-electron chi connectivity index (χ3n) is 3.36. The highest BCUT2D eigenvalue weighted by atomic mass is 16.2. The van der Waals surface area contributed by atoms with E-state index in [2.05, 4.69) is 24.1 Å². The molecule has 1 rings (SSSR count). The fourth-order valence-electron chi connectivity index (χ4n) is 1.77. The van der Waals surface area contributed by atoms with Crippen LogP contribution in [0.4, 0.5) is 0 Å². The average molecular weight is 251 g/mol. The number of nitrogens with zero attached hydrogens (tertiary/aromatic N) is 2. The molecule has 0 aliphatic rings. The van der Waals surface area contributed by atoms with Gasteiger partial charge in [0.2, 0.25) is 5.91 Å². The van der Waals surface area contributed by atoms with Crippen molar-refractivity contribution in [1.82, 2.24) is 14.9 Å². The number of rotatable bonds is 6. The predicted molar refractivity (Wildman–Crippen MR) is 73.4 cm³/mol. The fraction of sp³-hybridized carbons (Fsp3) is 0.714. The van der Waals surface area contributed by atoms with Crippen molar-refractivity contribution in [3.05, 3.63) is 18.2 Å². The van der Waals surface area contributed by atoms with Crippen molar-refractivity contribution < 1.29 is 4.79 Å². The molecular formula is C14H25N3O. The van der Waals surface area contributed by atoms with Gasteiger partial charge in [-0.15, -0.1) is 0 Å².